The van der Waals surface area contributed by atoms with E-state index in [0.29, 0.717) is 12.1 Å². The van der Waals surface area contributed by atoms with Crippen molar-refractivity contribution in [3.05, 3.63) is 70.2 Å². The molecule has 1 unspecified atom stereocenters. The van der Waals surface area contributed by atoms with Crippen molar-refractivity contribution >= 4 is 27.7 Å². The minimum Gasteiger partial charge on any atom is -0.350 e. The number of nitrogens with one attached hydrogen (secondary N) is 2. The molecule has 0 spiro atoms. The molecule has 22 heavy (non-hydrogen) atoms. The van der Waals surface area contributed by atoms with Gasteiger partial charge >= 0.3 is 0 Å². The maximum atomic E-state index is 12.0. The quantitative estimate of drug-likeness (QED) is 0.861. The van der Waals surface area contributed by atoms with Crippen LogP contribution in [0.25, 0.3) is 0 Å². The lowest BCUT2D eigenvalue weighted by Gasteiger charge is -2.14. The zero-order valence-corrected chi connectivity index (χ0v) is 13.8. The summed E-state index contributed by atoms with van der Waals surface area (Å²) in [7, 11) is 0. The van der Waals surface area contributed by atoms with Gasteiger partial charge in [-0.2, -0.15) is 0 Å². The summed E-state index contributed by atoms with van der Waals surface area (Å²) < 4.78 is 0.963. The second-order valence-corrected chi connectivity index (χ2v) is 5.82. The Labute approximate surface area is 138 Å². The lowest BCUT2D eigenvalue weighted by molar-refractivity contribution is -0.122. The van der Waals surface area contributed by atoms with Crippen molar-refractivity contribution in [3.63, 3.8) is 0 Å². The van der Waals surface area contributed by atoms with Gasteiger partial charge in [0.05, 0.1) is 0 Å². The van der Waals surface area contributed by atoms with Crippen molar-refractivity contribution in [2.45, 2.75) is 19.5 Å². The maximum Gasteiger partial charge on any atom is 0.251 e. The molecule has 0 fully saturated rings. The summed E-state index contributed by atoms with van der Waals surface area (Å²) in [4.78, 5) is 24.0. The van der Waals surface area contributed by atoms with Gasteiger partial charge in [-0.1, -0.05) is 46.3 Å². The number of amides is 2. The van der Waals surface area contributed by atoms with E-state index in [-0.39, 0.29) is 11.8 Å². The van der Waals surface area contributed by atoms with Crippen LogP contribution >= 0.6 is 15.9 Å². The Morgan fingerprint density at radius 3 is 2.50 bits per heavy atom. The Bertz CT molecular complexity index is 659. The molecule has 5 heteroatoms. The van der Waals surface area contributed by atoms with Crippen LogP contribution in [0.15, 0.2) is 59.1 Å². The van der Waals surface area contributed by atoms with Gasteiger partial charge < -0.3 is 10.6 Å². The molecule has 2 N–H and O–H groups in total. The molecule has 114 valence electrons. The molecule has 0 aromatic heterocycles. The highest BCUT2D eigenvalue weighted by Crippen LogP contribution is 2.11. The maximum absolute atomic E-state index is 12.0. The molecule has 0 radical (unpaired) electrons. The summed E-state index contributed by atoms with van der Waals surface area (Å²) in [6.07, 6.45) is 0. The Morgan fingerprint density at radius 2 is 1.82 bits per heavy atom. The first kappa shape index (κ1) is 16.2. The van der Waals surface area contributed by atoms with Crippen molar-refractivity contribution < 1.29 is 9.59 Å². The number of halogens is 1. The highest BCUT2D eigenvalue weighted by Gasteiger charge is 2.16. The van der Waals surface area contributed by atoms with Gasteiger partial charge in [0.1, 0.15) is 6.04 Å². The number of rotatable bonds is 5. The molecule has 1 atom stereocenters. The van der Waals surface area contributed by atoms with E-state index in [4.69, 9.17) is 0 Å². The zero-order chi connectivity index (χ0) is 15.9. The van der Waals surface area contributed by atoms with E-state index in [1.165, 1.54) is 0 Å². The second kappa shape index (κ2) is 7.75. The molecule has 2 amide bonds. The van der Waals surface area contributed by atoms with Crippen LogP contribution in [0.3, 0.4) is 0 Å². The molecule has 0 saturated heterocycles. The summed E-state index contributed by atoms with van der Waals surface area (Å²) in [6, 6.07) is 15.9. The van der Waals surface area contributed by atoms with Crippen LogP contribution in [0, 0.1) is 0 Å². The van der Waals surface area contributed by atoms with Crippen LogP contribution in [0.4, 0.5) is 0 Å². The van der Waals surface area contributed by atoms with E-state index in [9.17, 15) is 9.59 Å². The monoisotopic (exact) mass is 360 g/mol. The first-order valence-electron chi connectivity index (χ1n) is 6.94. The molecule has 0 saturated carbocycles. The number of benzene rings is 2. The highest BCUT2D eigenvalue weighted by molar-refractivity contribution is 9.10. The molecule has 0 aliphatic carbocycles. The standard InChI is InChI=1S/C17H17BrN2O2/c1-12(20-17(22)14-7-3-2-4-8-14)16(21)19-11-13-6-5-9-15(18)10-13/h2-10,12H,11H2,1H3,(H,19,21)(H,20,22). The van der Waals surface area contributed by atoms with E-state index in [0.717, 1.165) is 10.0 Å². The summed E-state index contributed by atoms with van der Waals surface area (Å²) >= 11 is 3.39. The molecule has 4 nitrogen and oxygen atoms in total. The predicted molar refractivity (Wildman–Crippen MR) is 89.4 cm³/mol. The number of carbonyl (C=O) groups excluding carboxylic acids is 2. The van der Waals surface area contributed by atoms with Gasteiger partial charge in [-0.25, -0.2) is 0 Å². The van der Waals surface area contributed by atoms with E-state index >= 15 is 0 Å². The molecule has 0 aliphatic rings. The second-order valence-electron chi connectivity index (χ2n) is 4.91. The third kappa shape index (κ3) is 4.70. The first-order chi connectivity index (χ1) is 10.6. The molecule has 2 aromatic rings. The van der Waals surface area contributed by atoms with Gasteiger partial charge in [0.25, 0.3) is 5.91 Å². The van der Waals surface area contributed by atoms with Gasteiger partial charge in [0.2, 0.25) is 5.91 Å². The van der Waals surface area contributed by atoms with Gasteiger partial charge in [-0.15, -0.1) is 0 Å². The van der Waals surface area contributed by atoms with Crippen LogP contribution < -0.4 is 10.6 Å². The van der Waals surface area contributed by atoms with E-state index in [2.05, 4.69) is 26.6 Å². The third-order valence-corrected chi connectivity index (χ3v) is 3.63. The average molecular weight is 361 g/mol. The number of carbonyl (C=O) groups is 2. The molecule has 2 rings (SSSR count). The Hall–Kier alpha value is -2.14. The molecule has 0 heterocycles. The Morgan fingerprint density at radius 1 is 1.09 bits per heavy atom. The average Bonchev–Trinajstić information content (AvgIpc) is 2.53. The fourth-order valence-electron chi connectivity index (χ4n) is 1.92. The lowest BCUT2D eigenvalue weighted by Crippen LogP contribution is -2.44. The Kier molecular flexibility index (Phi) is 5.72. The summed E-state index contributed by atoms with van der Waals surface area (Å²) in [5.74, 6) is -0.477. The largest absolute Gasteiger partial charge is 0.350 e. The molecule has 2 aromatic carbocycles. The van der Waals surface area contributed by atoms with Crippen LogP contribution in [0.1, 0.15) is 22.8 Å². The van der Waals surface area contributed by atoms with Crippen molar-refractivity contribution in [2.75, 3.05) is 0 Å². The zero-order valence-electron chi connectivity index (χ0n) is 12.2. The van der Waals surface area contributed by atoms with Gasteiger partial charge in [0, 0.05) is 16.6 Å². The fourth-order valence-corrected chi connectivity index (χ4v) is 2.37. The first-order valence-corrected chi connectivity index (χ1v) is 7.73. The van der Waals surface area contributed by atoms with Gasteiger partial charge in [-0.3, -0.25) is 9.59 Å². The van der Waals surface area contributed by atoms with Gasteiger partial charge in [0.15, 0.2) is 0 Å². The van der Waals surface area contributed by atoms with Crippen molar-refractivity contribution in [1.29, 1.82) is 0 Å². The minimum atomic E-state index is -0.597. The lowest BCUT2D eigenvalue weighted by atomic mass is 10.2. The molecular weight excluding hydrogens is 344 g/mol. The van der Waals surface area contributed by atoms with Crippen molar-refractivity contribution in [3.8, 4) is 0 Å². The summed E-state index contributed by atoms with van der Waals surface area (Å²) in [5.41, 5.74) is 1.53. The van der Waals surface area contributed by atoms with Crippen LogP contribution in [-0.4, -0.2) is 17.9 Å². The molecule has 0 bridgehead atoms. The molecule has 0 aliphatic heterocycles. The minimum absolute atomic E-state index is 0.218. The smallest absolute Gasteiger partial charge is 0.251 e. The normalized spacial score (nSPS) is 11.5. The Balaban J connectivity index is 1.86. The SMILES string of the molecule is CC(NC(=O)c1ccccc1)C(=O)NCc1cccc(Br)c1. The third-order valence-electron chi connectivity index (χ3n) is 3.13. The summed E-state index contributed by atoms with van der Waals surface area (Å²) in [5, 5.41) is 5.49. The molecular formula is C17H17BrN2O2. The van der Waals surface area contributed by atoms with Crippen LogP contribution in [-0.2, 0) is 11.3 Å². The predicted octanol–water partition coefficient (Wildman–Crippen LogP) is 2.88. The van der Waals surface area contributed by atoms with Crippen LogP contribution in [0.5, 0.6) is 0 Å². The fraction of sp³-hybridized carbons (Fsp3) is 0.176. The van der Waals surface area contributed by atoms with E-state index in [1.807, 2.05) is 30.3 Å². The van der Waals surface area contributed by atoms with Crippen molar-refractivity contribution in [1.82, 2.24) is 10.6 Å². The van der Waals surface area contributed by atoms with Gasteiger partial charge in [-0.05, 0) is 36.8 Å². The number of hydrogen-bond acceptors (Lipinski definition) is 2. The van der Waals surface area contributed by atoms with E-state index in [1.54, 1.807) is 31.2 Å². The van der Waals surface area contributed by atoms with E-state index < -0.39 is 6.04 Å². The van der Waals surface area contributed by atoms with Crippen molar-refractivity contribution in [2.24, 2.45) is 0 Å². The number of hydrogen-bond donors (Lipinski definition) is 2. The van der Waals surface area contributed by atoms with Crippen LogP contribution in [0.2, 0.25) is 0 Å². The summed E-state index contributed by atoms with van der Waals surface area (Å²) in [6.45, 7) is 2.08. The highest BCUT2D eigenvalue weighted by atomic mass is 79.9. The topological polar surface area (TPSA) is 58.2 Å².